The van der Waals surface area contributed by atoms with Crippen molar-refractivity contribution in [3.8, 4) is 5.75 Å². The summed E-state index contributed by atoms with van der Waals surface area (Å²) in [6.45, 7) is 3.12. The van der Waals surface area contributed by atoms with Crippen LogP contribution in [0.25, 0.3) is 0 Å². The third-order valence-electron chi connectivity index (χ3n) is 2.33. The third-order valence-corrected chi connectivity index (χ3v) is 2.86. The number of aromatic nitrogens is 2. The molecular formula is C13H13Cl2N3O. The van der Waals surface area contributed by atoms with Gasteiger partial charge in [0.15, 0.2) is 0 Å². The highest BCUT2D eigenvalue weighted by molar-refractivity contribution is 6.35. The maximum Gasteiger partial charge on any atom is 0.144 e. The molecule has 0 saturated heterocycles. The van der Waals surface area contributed by atoms with E-state index < -0.39 is 0 Å². The third kappa shape index (κ3) is 3.98. The Bertz CT molecular complexity index is 546. The van der Waals surface area contributed by atoms with Crippen molar-refractivity contribution in [2.75, 3.05) is 11.9 Å². The lowest BCUT2D eigenvalue weighted by molar-refractivity contribution is 0.301. The summed E-state index contributed by atoms with van der Waals surface area (Å²) >= 11 is 11.8. The Morgan fingerprint density at radius 3 is 2.68 bits per heavy atom. The number of benzene rings is 1. The summed E-state index contributed by atoms with van der Waals surface area (Å²) < 4.78 is 5.56. The van der Waals surface area contributed by atoms with Gasteiger partial charge >= 0.3 is 0 Å². The molecule has 19 heavy (non-hydrogen) atoms. The number of hydrogen-bond donors (Lipinski definition) is 1. The standard InChI is InChI=1S/C13H13Cl2N3O/c1-2-16-13-7-17-10(6-18-13)8-19-12-4-3-9(14)5-11(12)15/h3-7H,2,8H2,1H3,(H,16,18). The van der Waals surface area contributed by atoms with E-state index in [1.165, 1.54) is 0 Å². The van der Waals surface area contributed by atoms with Gasteiger partial charge in [-0.3, -0.25) is 4.98 Å². The van der Waals surface area contributed by atoms with Crippen molar-refractivity contribution in [2.45, 2.75) is 13.5 Å². The summed E-state index contributed by atoms with van der Waals surface area (Å²) in [6.07, 6.45) is 3.34. The van der Waals surface area contributed by atoms with E-state index in [2.05, 4.69) is 15.3 Å². The van der Waals surface area contributed by atoms with Gasteiger partial charge in [-0.05, 0) is 25.1 Å². The van der Waals surface area contributed by atoms with Crippen LogP contribution in [0.1, 0.15) is 12.6 Å². The molecule has 6 heteroatoms. The van der Waals surface area contributed by atoms with E-state index in [9.17, 15) is 0 Å². The summed E-state index contributed by atoms with van der Waals surface area (Å²) in [5.74, 6) is 1.32. The SMILES string of the molecule is CCNc1cnc(COc2ccc(Cl)cc2Cl)cn1. The molecule has 0 unspecified atom stereocenters. The molecule has 1 aromatic heterocycles. The Labute approximate surface area is 121 Å². The summed E-state index contributed by atoms with van der Waals surface area (Å²) in [5.41, 5.74) is 0.729. The number of rotatable bonds is 5. The molecule has 2 rings (SSSR count). The van der Waals surface area contributed by atoms with Gasteiger partial charge in [0.2, 0.25) is 0 Å². The van der Waals surface area contributed by atoms with Crippen LogP contribution in [0.3, 0.4) is 0 Å². The van der Waals surface area contributed by atoms with Gasteiger partial charge in [0, 0.05) is 11.6 Å². The molecule has 0 aliphatic rings. The predicted molar refractivity (Wildman–Crippen MR) is 77.0 cm³/mol. The van der Waals surface area contributed by atoms with Gasteiger partial charge < -0.3 is 10.1 Å². The molecule has 1 heterocycles. The zero-order valence-corrected chi connectivity index (χ0v) is 11.9. The van der Waals surface area contributed by atoms with Crippen molar-refractivity contribution in [2.24, 2.45) is 0 Å². The summed E-state index contributed by atoms with van der Waals surface area (Å²) in [4.78, 5) is 8.45. The molecule has 1 aromatic carbocycles. The van der Waals surface area contributed by atoms with Gasteiger partial charge in [-0.2, -0.15) is 0 Å². The molecule has 0 atom stereocenters. The van der Waals surface area contributed by atoms with Gasteiger partial charge in [0.1, 0.15) is 18.2 Å². The van der Waals surface area contributed by atoms with E-state index in [1.54, 1.807) is 30.6 Å². The topological polar surface area (TPSA) is 47.0 Å². The van der Waals surface area contributed by atoms with E-state index >= 15 is 0 Å². The number of halogens is 2. The first kappa shape index (κ1) is 13.9. The summed E-state index contributed by atoms with van der Waals surface area (Å²) in [7, 11) is 0. The van der Waals surface area contributed by atoms with E-state index in [0.29, 0.717) is 22.4 Å². The van der Waals surface area contributed by atoms with E-state index in [0.717, 1.165) is 18.1 Å². The molecule has 0 bridgehead atoms. The smallest absolute Gasteiger partial charge is 0.144 e. The lowest BCUT2D eigenvalue weighted by atomic mass is 10.3. The molecule has 1 N–H and O–H groups in total. The second-order valence-electron chi connectivity index (χ2n) is 3.79. The van der Waals surface area contributed by atoms with Gasteiger partial charge in [-0.25, -0.2) is 4.98 Å². The fraction of sp³-hybridized carbons (Fsp3) is 0.231. The lowest BCUT2D eigenvalue weighted by Gasteiger charge is -2.08. The fourth-order valence-electron chi connectivity index (χ4n) is 1.45. The minimum absolute atomic E-state index is 0.306. The first-order valence-corrected chi connectivity index (χ1v) is 6.57. The van der Waals surface area contributed by atoms with Crippen LogP contribution in [0.4, 0.5) is 5.82 Å². The molecule has 0 aliphatic heterocycles. The maximum absolute atomic E-state index is 6.01. The van der Waals surface area contributed by atoms with Crippen molar-refractivity contribution < 1.29 is 4.74 Å². The lowest BCUT2D eigenvalue weighted by Crippen LogP contribution is -2.03. The largest absolute Gasteiger partial charge is 0.486 e. The van der Waals surface area contributed by atoms with E-state index in [1.807, 2.05) is 6.92 Å². The highest BCUT2D eigenvalue weighted by Crippen LogP contribution is 2.27. The molecule has 0 amide bonds. The normalized spacial score (nSPS) is 10.3. The molecule has 0 saturated carbocycles. The summed E-state index contributed by atoms with van der Waals surface area (Å²) in [5, 5.41) is 4.13. The minimum Gasteiger partial charge on any atom is -0.486 e. The van der Waals surface area contributed by atoms with Crippen molar-refractivity contribution in [3.05, 3.63) is 46.3 Å². The Morgan fingerprint density at radius 2 is 2.05 bits per heavy atom. The van der Waals surface area contributed by atoms with Crippen LogP contribution in [0.5, 0.6) is 5.75 Å². The highest BCUT2D eigenvalue weighted by Gasteiger charge is 2.04. The first-order valence-electron chi connectivity index (χ1n) is 5.81. The van der Waals surface area contributed by atoms with Crippen LogP contribution < -0.4 is 10.1 Å². The second kappa shape index (κ2) is 6.59. The monoisotopic (exact) mass is 297 g/mol. The number of nitrogens with zero attached hydrogens (tertiary/aromatic N) is 2. The van der Waals surface area contributed by atoms with Crippen LogP contribution >= 0.6 is 23.2 Å². The number of ether oxygens (including phenoxy) is 1. The minimum atomic E-state index is 0.306. The van der Waals surface area contributed by atoms with E-state index in [4.69, 9.17) is 27.9 Å². The molecular weight excluding hydrogens is 285 g/mol. The van der Waals surface area contributed by atoms with Crippen LogP contribution in [0.2, 0.25) is 10.0 Å². The van der Waals surface area contributed by atoms with Gasteiger partial charge in [-0.1, -0.05) is 23.2 Å². The molecule has 100 valence electrons. The highest BCUT2D eigenvalue weighted by atomic mass is 35.5. The molecule has 4 nitrogen and oxygen atoms in total. The van der Waals surface area contributed by atoms with Gasteiger partial charge in [0.05, 0.1) is 23.1 Å². The molecule has 0 aliphatic carbocycles. The van der Waals surface area contributed by atoms with E-state index in [-0.39, 0.29) is 0 Å². The van der Waals surface area contributed by atoms with Crippen molar-refractivity contribution in [3.63, 3.8) is 0 Å². The number of nitrogens with one attached hydrogen (secondary N) is 1. The fourth-order valence-corrected chi connectivity index (χ4v) is 1.91. The zero-order valence-electron chi connectivity index (χ0n) is 10.4. The van der Waals surface area contributed by atoms with Crippen LogP contribution in [-0.2, 0) is 6.61 Å². The maximum atomic E-state index is 6.01. The average molecular weight is 298 g/mol. The predicted octanol–water partition coefficient (Wildman–Crippen LogP) is 3.79. The van der Waals surface area contributed by atoms with Crippen LogP contribution in [-0.4, -0.2) is 16.5 Å². The van der Waals surface area contributed by atoms with Crippen molar-refractivity contribution in [1.29, 1.82) is 0 Å². The Balaban J connectivity index is 1.98. The number of hydrogen-bond acceptors (Lipinski definition) is 4. The van der Waals surface area contributed by atoms with Crippen LogP contribution in [0.15, 0.2) is 30.6 Å². The van der Waals surface area contributed by atoms with Crippen molar-refractivity contribution >= 4 is 29.0 Å². The second-order valence-corrected chi connectivity index (χ2v) is 4.63. The summed E-state index contributed by atoms with van der Waals surface area (Å²) in [6, 6.07) is 5.09. The van der Waals surface area contributed by atoms with Crippen molar-refractivity contribution in [1.82, 2.24) is 9.97 Å². The zero-order chi connectivity index (χ0) is 13.7. The Morgan fingerprint density at radius 1 is 1.21 bits per heavy atom. The molecule has 2 aromatic rings. The average Bonchev–Trinajstić information content (AvgIpc) is 2.40. The van der Waals surface area contributed by atoms with Crippen LogP contribution in [0, 0.1) is 0 Å². The molecule has 0 radical (unpaired) electrons. The molecule has 0 fully saturated rings. The van der Waals surface area contributed by atoms with Gasteiger partial charge in [-0.15, -0.1) is 0 Å². The number of anilines is 1. The van der Waals surface area contributed by atoms with Gasteiger partial charge in [0.25, 0.3) is 0 Å². The quantitative estimate of drug-likeness (QED) is 0.912. The Hall–Kier alpha value is -1.52. The Kier molecular flexibility index (Phi) is 4.82. The first-order chi connectivity index (χ1) is 9.19. The molecule has 0 spiro atoms.